The molecule has 0 saturated carbocycles. The summed E-state index contributed by atoms with van der Waals surface area (Å²) in [6, 6.07) is 0. The van der Waals surface area contributed by atoms with Gasteiger partial charge in [0.05, 0.1) is 24.8 Å². The van der Waals surface area contributed by atoms with E-state index in [2.05, 4.69) is 9.97 Å². The molecule has 0 aliphatic carbocycles. The molecule has 0 spiro atoms. The van der Waals surface area contributed by atoms with Crippen molar-refractivity contribution in [3.05, 3.63) is 18.2 Å². The van der Waals surface area contributed by atoms with Gasteiger partial charge in [0.2, 0.25) is 0 Å². The predicted octanol–water partition coefficient (Wildman–Crippen LogP) is 0.655. The minimum absolute atomic E-state index is 0.0451. The Bertz CT molecular complexity index is 201. The van der Waals surface area contributed by atoms with Gasteiger partial charge in [-0.15, -0.1) is 0 Å². The summed E-state index contributed by atoms with van der Waals surface area (Å²) in [5.41, 5.74) is 1.03. The molecule has 48 valence electrons. The second-order valence-corrected chi connectivity index (χ2v) is 2.48. The Morgan fingerprint density at radius 1 is 1.89 bits per heavy atom. The summed E-state index contributed by atoms with van der Waals surface area (Å²) in [4.78, 5) is 6.90. The Morgan fingerprint density at radius 3 is 3.11 bits per heavy atom. The zero-order chi connectivity index (χ0) is 6.32. The molecule has 0 amide bonds. The fourth-order valence-corrected chi connectivity index (χ4v) is 0.809. The lowest BCUT2D eigenvalue weighted by Crippen LogP contribution is -2.01. The summed E-state index contributed by atoms with van der Waals surface area (Å²) in [7, 11) is 0. The maximum absolute atomic E-state index is 5.17. The van der Waals surface area contributed by atoms with Gasteiger partial charge in [-0.25, -0.2) is 4.98 Å². The number of nitrogens with one attached hydrogen (secondary N) is 1. The largest absolute Gasteiger partial charge is 0.363 e. The van der Waals surface area contributed by atoms with Crippen LogP contribution < -0.4 is 0 Å². The fraction of sp³-hybridized carbons (Fsp3) is 0.500. The number of aromatic nitrogens is 2. The monoisotopic (exact) mass is 124 g/mol. The molecule has 1 aliphatic rings. The van der Waals surface area contributed by atoms with Crippen LogP contribution in [-0.2, 0) is 10.3 Å². The van der Waals surface area contributed by atoms with Crippen molar-refractivity contribution in [1.29, 1.82) is 0 Å². The van der Waals surface area contributed by atoms with Gasteiger partial charge in [-0.1, -0.05) is 0 Å². The molecule has 1 aromatic rings. The van der Waals surface area contributed by atoms with Crippen LogP contribution in [0.25, 0.3) is 0 Å². The molecular weight excluding hydrogens is 116 g/mol. The highest BCUT2D eigenvalue weighted by molar-refractivity contribution is 5.12. The number of ether oxygens (including phenoxy) is 1. The minimum Gasteiger partial charge on any atom is -0.363 e. The molecule has 2 heterocycles. The van der Waals surface area contributed by atoms with Crippen molar-refractivity contribution in [2.24, 2.45) is 0 Å². The van der Waals surface area contributed by atoms with Crippen LogP contribution in [0.4, 0.5) is 0 Å². The van der Waals surface area contributed by atoms with E-state index in [1.54, 1.807) is 12.5 Å². The van der Waals surface area contributed by atoms with Gasteiger partial charge < -0.3 is 9.72 Å². The number of nitrogens with zero attached hydrogens (tertiary/aromatic N) is 1. The number of hydrogen-bond acceptors (Lipinski definition) is 2. The molecule has 1 unspecified atom stereocenters. The molecule has 1 aliphatic heterocycles. The van der Waals surface area contributed by atoms with Gasteiger partial charge in [0.25, 0.3) is 0 Å². The average Bonchev–Trinajstić information content (AvgIpc) is 2.46. The van der Waals surface area contributed by atoms with Crippen molar-refractivity contribution in [1.82, 2.24) is 9.97 Å². The van der Waals surface area contributed by atoms with Gasteiger partial charge in [0, 0.05) is 0 Å². The molecule has 1 fully saturated rings. The molecule has 0 bridgehead atoms. The first-order valence-electron chi connectivity index (χ1n) is 2.94. The molecule has 1 aromatic heterocycles. The van der Waals surface area contributed by atoms with Crippen LogP contribution in [0.2, 0.25) is 0 Å². The molecule has 2 rings (SSSR count). The van der Waals surface area contributed by atoms with E-state index in [1.165, 1.54) is 0 Å². The van der Waals surface area contributed by atoms with E-state index in [-0.39, 0.29) is 5.60 Å². The SMILES string of the molecule is CC1(c2cnc[nH]2)CO1. The van der Waals surface area contributed by atoms with E-state index in [9.17, 15) is 0 Å². The lowest BCUT2D eigenvalue weighted by molar-refractivity contribution is 0.324. The van der Waals surface area contributed by atoms with E-state index >= 15 is 0 Å². The van der Waals surface area contributed by atoms with Crippen molar-refractivity contribution < 1.29 is 4.74 Å². The van der Waals surface area contributed by atoms with Gasteiger partial charge in [-0.2, -0.15) is 0 Å². The Balaban J connectivity index is 2.34. The Morgan fingerprint density at radius 2 is 2.67 bits per heavy atom. The second kappa shape index (κ2) is 1.36. The quantitative estimate of drug-likeness (QED) is 0.558. The molecule has 1 atom stereocenters. The molecule has 3 nitrogen and oxygen atoms in total. The minimum atomic E-state index is -0.0451. The fourth-order valence-electron chi connectivity index (χ4n) is 0.809. The summed E-state index contributed by atoms with van der Waals surface area (Å²) in [6.07, 6.45) is 3.47. The maximum Gasteiger partial charge on any atom is 0.130 e. The number of hydrogen-bond donors (Lipinski definition) is 1. The smallest absolute Gasteiger partial charge is 0.130 e. The van der Waals surface area contributed by atoms with Gasteiger partial charge in [0.15, 0.2) is 0 Å². The third-order valence-electron chi connectivity index (χ3n) is 1.65. The molecule has 3 heteroatoms. The average molecular weight is 124 g/mol. The first-order valence-corrected chi connectivity index (χ1v) is 2.94. The van der Waals surface area contributed by atoms with E-state index in [1.807, 2.05) is 6.92 Å². The van der Waals surface area contributed by atoms with E-state index in [0.717, 1.165) is 12.3 Å². The lowest BCUT2D eigenvalue weighted by Gasteiger charge is -1.96. The highest BCUT2D eigenvalue weighted by atomic mass is 16.6. The zero-order valence-corrected chi connectivity index (χ0v) is 5.22. The number of epoxide rings is 1. The van der Waals surface area contributed by atoms with Crippen LogP contribution in [0.15, 0.2) is 12.5 Å². The van der Waals surface area contributed by atoms with Gasteiger partial charge in [0.1, 0.15) is 5.60 Å². The molecule has 1 N–H and O–H groups in total. The van der Waals surface area contributed by atoms with E-state index in [0.29, 0.717) is 0 Å². The summed E-state index contributed by atoms with van der Waals surface area (Å²) in [5.74, 6) is 0. The van der Waals surface area contributed by atoms with Crippen LogP contribution in [0.1, 0.15) is 12.6 Å². The Hall–Kier alpha value is -0.830. The van der Waals surface area contributed by atoms with Crippen molar-refractivity contribution in [2.45, 2.75) is 12.5 Å². The summed E-state index contributed by atoms with van der Waals surface area (Å²) in [5, 5.41) is 0. The standard InChI is InChI=1S/C6H8N2O/c1-6(3-9-6)5-2-7-4-8-5/h2,4H,3H2,1H3,(H,7,8). The number of rotatable bonds is 1. The third kappa shape index (κ3) is 0.650. The molecular formula is C6H8N2O. The predicted molar refractivity (Wildman–Crippen MR) is 31.9 cm³/mol. The van der Waals surface area contributed by atoms with Gasteiger partial charge in [-0.3, -0.25) is 0 Å². The highest BCUT2D eigenvalue weighted by Crippen LogP contribution is 2.35. The van der Waals surface area contributed by atoms with E-state index in [4.69, 9.17) is 4.74 Å². The highest BCUT2D eigenvalue weighted by Gasteiger charge is 2.42. The third-order valence-corrected chi connectivity index (χ3v) is 1.65. The topological polar surface area (TPSA) is 41.2 Å². The van der Waals surface area contributed by atoms with E-state index < -0.39 is 0 Å². The van der Waals surface area contributed by atoms with Crippen LogP contribution in [0.3, 0.4) is 0 Å². The molecule has 9 heavy (non-hydrogen) atoms. The Kier molecular flexibility index (Phi) is 0.754. The first-order chi connectivity index (χ1) is 4.31. The normalized spacial score (nSPS) is 32.6. The summed E-state index contributed by atoms with van der Waals surface area (Å²) in [6.45, 7) is 2.86. The maximum atomic E-state index is 5.17. The number of imidazole rings is 1. The van der Waals surface area contributed by atoms with Crippen molar-refractivity contribution in [2.75, 3.05) is 6.61 Å². The molecule has 0 radical (unpaired) electrons. The first kappa shape index (κ1) is 4.99. The van der Waals surface area contributed by atoms with Crippen LogP contribution in [0.5, 0.6) is 0 Å². The lowest BCUT2D eigenvalue weighted by atomic mass is 10.1. The summed E-state index contributed by atoms with van der Waals surface area (Å²) >= 11 is 0. The van der Waals surface area contributed by atoms with Crippen LogP contribution in [0, 0.1) is 0 Å². The number of aromatic amines is 1. The molecule has 1 saturated heterocycles. The van der Waals surface area contributed by atoms with Crippen LogP contribution >= 0.6 is 0 Å². The zero-order valence-electron chi connectivity index (χ0n) is 5.22. The van der Waals surface area contributed by atoms with Crippen molar-refractivity contribution in [3.8, 4) is 0 Å². The molecule has 0 aromatic carbocycles. The number of H-pyrrole nitrogens is 1. The Labute approximate surface area is 53.1 Å². The van der Waals surface area contributed by atoms with Gasteiger partial charge in [-0.05, 0) is 6.92 Å². The van der Waals surface area contributed by atoms with Crippen molar-refractivity contribution >= 4 is 0 Å². The second-order valence-electron chi connectivity index (χ2n) is 2.48. The van der Waals surface area contributed by atoms with Gasteiger partial charge >= 0.3 is 0 Å². The summed E-state index contributed by atoms with van der Waals surface area (Å²) < 4.78 is 5.17. The van der Waals surface area contributed by atoms with Crippen LogP contribution in [-0.4, -0.2) is 16.6 Å². The van der Waals surface area contributed by atoms with Crippen molar-refractivity contribution in [3.63, 3.8) is 0 Å².